The van der Waals surface area contributed by atoms with Gasteiger partial charge in [-0.3, -0.25) is 0 Å². The van der Waals surface area contributed by atoms with E-state index in [-0.39, 0.29) is 5.82 Å². The molecule has 0 aliphatic heterocycles. The standard InChI is InChI=1S/C14H14ClFN2/c1-2-18(13-7-3-6-12(16)9-13)14-11(10-15)5-4-8-17-14/h3-9H,2,10H2,1H3. The number of hydrogen-bond acceptors (Lipinski definition) is 2. The summed E-state index contributed by atoms with van der Waals surface area (Å²) < 4.78 is 13.3. The summed E-state index contributed by atoms with van der Waals surface area (Å²) in [6, 6.07) is 10.3. The van der Waals surface area contributed by atoms with E-state index in [1.807, 2.05) is 30.0 Å². The molecular formula is C14H14ClFN2. The van der Waals surface area contributed by atoms with Crippen LogP contribution in [0.4, 0.5) is 15.9 Å². The Hall–Kier alpha value is -1.61. The third kappa shape index (κ3) is 2.62. The average Bonchev–Trinajstić information content (AvgIpc) is 2.40. The fraction of sp³-hybridized carbons (Fsp3) is 0.214. The van der Waals surface area contributed by atoms with Gasteiger partial charge in [0.2, 0.25) is 0 Å². The first-order chi connectivity index (χ1) is 8.76. The summed E-state index contributed by atoms with van der Waals surface area (Å²) in [4.78, 5) is 6.29. The molecule has 0 fully saturated rings. The summed E-state index contributed by atoms with van der Waals surface area (Å²) in [5.74, 6) is 0.907. The minimum Gasteiger partial charge on any atom is -0.326 e. The zero-order valence-corrected chi connectivity index (χ0v) is 10.9. The summed E-state index contributed by atoms with van der Waals surface area (Å²) in [5.41, 5.74) is 1.72. The molecule has 0 saturated heterocycles. The Balaban J connectivity index is 2.45. The summed E-state index contributed by atoms with van der Waals surface area (Å²) in [5, 5.41) is 0. The van der Waals surface area contributed by atoms with E-state index in [4.69, 9.17) is 11.6 Å². The maximum atomic E-state index is 13.3. The van der Waals surface area contributed by atoms with Gasteiger partial charge in [0.15, 0.2) is 0 Å². The Morgan fingerprint density at radius 2 is 2.11 bits per heavy atom. The molecule has 1 aromatic carbocycles. The van der Waals surface area contributed by atoms with Crippen LogP contribution in [0.15, 0.2) is 42.6 Å². The van der Waals surface area contributed by atoms with E-state index in [2.05, 4.69) is 4.98 Å². The second kappa shape index (κ2) is 5.83. The minimum atomic E-state index is -0.255. The topological polar surface area (TPSA) is 16.1 Å². The van der Waals surface area contributed by atoms with Crippen molar-refractivity contribution in [3.8, 4) is 0 Å². The zero-order chi connectivity index (χ0) is 13.0. The first kappa shape index (κ1) is 12.8. The fourth-order valence-electron chi connectivity index (χ4n) is 1.88. The molecule has 0 saturated carbocycles. The zero-order valence-electron chi connectivity index (χ0n) is 10.1. The van der Waals surface area contributed by atoms with Gasteiger partial charge in [-0.1, -0.05) is 12.1 Å². The lowest BCUT2D eigenvalue weighted by Gasteiger charge is -2.24. The number of pyridine rings is 1. The predicted molar refractivity (Wildman–Crippen MR) is 72.9 cm³/mol. The highest BCUT2D eigenvalue weighted by Gasteiger charge is 2.12. The number of rotatable bonds is 4. The largest absolute Gasteiger partial charge is 0.326 e. The highest BCUT2D eigenvalue weighted by atomic mass is 35.5. The average molecular weight is 265 g/mol. The number of nitrogens with zero attached hydrogens (tertiary/aromatic N) is 2. The van der Waals surface area contributed by atoms with Crippen LogP contribution in [0.2, 0.25) is 0 Å². The van der Waals surface area contributed by atoms with Crippen molar-refractivity contribution >= 4 is 23.1 Å². The van der Waals surface area contributed by atoms with Gasteiger partial charge in [0.25, 0.3) is 0 Å². The van der Waals surface area contributed by atoms with Crippen molar-refractivity contribution in [1.82, 2.24) is 4.98 Å². The summed E-state index contributed by atoms with van der Waals surface area (Å²) >= 11 is 5.91. The Bertz CT molecular complexity index is 531. The van der Waals surface area contributed by atoms with Crippen LogP contribution >= 0.6 is 11.6 Å². The highest BCUT2D eigenvalue weighted by molar-refractivity contribution is 6.17. The Morgan fingerprint density at radius 3 is 2.78 bits per heavy atom. The fourth-order valence-corrected chi connectivity index (χ4v) is 2.08. The molecule has 2 rings (SSSR count). The smallest absolute Gasteiger partial charge is 0.137 e. The molecule has 18 heavy (non-hydrogen) atoms. The number of halogens is 2. The van der Waals surface area contributed by atoms with E-state index < -0.39 is 0 Å². The van der Waals surface area contributed by atoms with E-state index in [0.29, 0.717) is 12.4 Å². The van der Waals surface area contributed by atoms with E-state index in [9.17, 15) is 4.39 Å². The lowest BCUT2D eigenvalue weighted by molar-refractivity contribution is 0.627. The molecule has 94 valence electrons. The molecule has 1 aromatic heterocycles. The molecule has 2 aromatic rings. The molecule has 2 nitrogen and oxygen atoms in total. The van der Waals surface area contributed by atoms with Crippen LogP contribution in [0.1, 0.15) is 12.5 Å². The highest BCUT2D eigenvalue weighted by Crippen LogP contribution is 2.27. The van der Waals surface area contributed by atoms with Crippen LogP contribution in [0.5, 0.6) is 0 Å². The third-order valence-corrected chi connectivity index (χ3v) is 2.99. The molecule has 0 aliphatic rings. The predicted octanol–water partition coefficient (Wildman–Crippen LogP) is 4.12. The Labute approximate surface area is 111 Å². The first-order valence-corrected chi connectivity index (χ1v) is 6.32. The van der Waals surface area contributed by atoms with E-state index in [1.54, 1.807) is 12.3 Å². The van der Waals surface area contributed by atoms with Crippen LogP contribution in [0.3, 0.4) is 0 Å². The van der Waals surface area contributed by atoms with Crippen LogP contribution in [-0.4, -0.2) is 11.5 Å². The maximum absolute atomic E-state index is 13.3. The second-order valence-corrected chi connectivity index (χ2v) is 4.11. The number of aromatic nitrogens is 1. The van der Waals surface area contributed by atoms with Gasteiger partial charge in [-0.25, -0.2) is 9.37 Å². The summed E-state index contributed by atoms with van der Waals surface area (Å²) in [7, 11) is 0. The monoisotopic (exact) mass is 264 g/mol. The van der Waals surface area contributed by atoms with Gasteiger partial charge in [-0.2, -0.15) is 0 Å². The van der Waals surface area contributed by atoms with E-state index in [1.165, 1.54) is 12.1 Å². The molecular weight excluding hydrogens is 251 g/mol. The summed E-state index contributed by atoms with van der Waals surface area (Å²) in [6.07, 6.45) is 1.72. The van der Waals surface area contributed by atoms with Gasteiger partial charge in [-0.15, -0.1) is 11.6 Å². The van der Waals surface area contributed by atoms with Crippen molar-refractivity contribution in [2.24, 2.45) is 0 Å². The summed E-state index contributed by atoms with van der Waals surface area (Å²) in [6.45, 7) is 2.70. The van der Waals surface area contributed by atoms with Crippen molar-refractivity contribution in [2.75, 3.05) is 11.4 Å². The lowest BCUT2D eigenvalue weighted by atomic mass is 10.2. The Morgan fingerprint density at radius 1 is 1.28 bits per heavy atom. The van der Waals surface area contributed by atoms with Gasteiger partial charge < -0.3 is 4.90 Å². The van der Waals surface area contributed by atoms with Crippen molar-refractivity contribution < 1.29 is 4.39 Å². The van der Waals surface area contributed by atoms with Gasteiger partial charge in [-0.05, 0) is 31.2 Å². The minimum absolute atomic E-state index is 0.255. The third-order valence-electron chi connectivity index (χ3n) is 2.70. The maximum Gasteiger partial charge on any atom is 0.137 e. The van der Waals surface area contributed by atoms with Crippen LogP contribution < -0.4 is 4.90 Å². The normalized spacial score (nSPS) is 10.4. The van der Waals surface area contributed by atoms with Crippen molar-refractivity contribution in [3.05, 3.63) is 54.0 Å². The number of anilines is 2. The quantitative estimate of drug-likeness (QED) is 0.773. The SMILES string of the molecule is CCN(c1cccc(F)c1)c1ncccc1CCl. The molecule has 0 bridgehead atoms. The van der Waals surface area contributed by atoms with Gasteiger partial charge in [0.1, 0.15) is 11.6 Å². The Kier molecular flexibility index (Phi) is 4.15. The van der Waals surface area contributed by atoms with Crippen molar-refractivity contribution in [1.29, 1.82) is 0 Å². The number of alkyl halides is 1. The molecule has 0 atom stereocenters. The van der Waals surface area contributed by atoms with E-state index >= 15 is 0 Å². The first-order valence-electron chi connectivity index (χ1n) is 5.79. The van der Waals surface area contributed by atoms with Gasteiger partial charge >= 0.3 is 0 Å². The van der Waals surface area contributed by atoms with Gasteiger partial charge in [0.05, 0.1) is 5.88 Å². The number of benzene rings is 1. The van der Waals surface area contributed by atoms with Crippen LogP contribution in [0.25, 0.3) is 0 Å². The molecule has 4 heteroatoms. The van der Waals surface area contributed by atoms with Crippen LogP contribution in [-0.2, 0) is 5.88 Å². The van der Waals surface area contributed by atoms with Gasteiger partial charge in [0, 0.05) is 24.0 Å². The molecule has 1 heterocycles. The molecule has 0 aliphatic carbocycles. The lowest BCUT2D eigenvalue weighted by Crippen LogP contribution is -2.18. The van der Waals surface area contributed by atoms with E-state index in [0.717, 1.165) is 17.1 Å². The van der Waals surface area contributed by atoms with Crippen LogP contribution in [0, 0.1) is 5.82 Å². The molecule has 0 N–H and O–H groups in total. The van der Waals surface area contributed by atoms with Crippen molar-refractivity contribution in [3.63, 3.8) is 0 Å². The molecule has 0 amide bonds. The number of hydrogen-bond donors (Lipinski definition) is 0. The molecule has 0 spiro atoms. The molecule has 0 radical (unpaired) electrons. The molecule has 0 unspecified atom stereocenters. The second-order valence-electron chi connectivity index (χ2n) is 3.84. The van der Waals surface area contributed by atoms with Crippen molar-refractivity contribution in [2.45, 2.75) is 12.8 Å².